The summed E-state index contributed by atoms with van der Waals surface area (Å²) in [7, 11) is 0. The fourth-order valence-corrected chi connectivity index (χ4v) is 4.45. The lowest BCUT2D eigenvalue weighted by atomic mass is 10.1. The molecule has 0 aliphatic rings. The second kappa shape index (κ2) is 14.2. The molecule has 0 heterocycles. The Labute approximate surface area is 272 Å². The Bertz CT molecular complexity index is 2230. The molecular formula is C36H20F6O7. The minimum Gasteiger partial charge on any atom is -0.508 e. The van der Waals surface area contributed by atoms with Crippen molar-refractivity contribution in [3.05, 3.63) is 143 Å². The third-order valence-corrected chi connectivity index (χ3v) is 6.70. The Hall–Kier alpha value is -6.37. The number of phenolic OH excluding ortho intramolecular Hbond substituents is 1. The van der Waals surface area contributed by atoms with Crippen LogP contribution in [0.25, 0.3) is 21.5 Å². The van der Waals surface area contributed by atoms with E-state index < -0.39 is 64.3 Å². The fraction of sp³-hybridized carbons (Fsp3) is 0.0278. The summed E-state index contributed by atoms with van der Waals surface area (Å²) < 4.78 is 93.1. The summed E-state index contributed by atoms with van der Waals surface area (Å²) in [5, 5.41) is 12.1. The van der Waals surface area contributed by atoms with Gasteiger partial charge in [-0.2, -0.15) is 0 Å². The van der Waals surface area contributed by atoms with Crippen LogP contribution in [0, 0.1) is 34.9 Å². The van der Waals surface area contributed by atoms with Gasteiger partial charge in [-0.1, -0.05) is 24.3 Å². The van der Waals surface area contributed by atoms with Gasteiger partial charge in [0.25, 0.3) is 0 Å². The number of phenols is 1. The van der Waals surface area contributed by atoms with E-state index in [-0.39, 0.29) is 16.9 Å². The van der Waals surface area contributed by atoms with E-state index in [0.717, 1.165) is 0 Å². The second-order valence-electron chi connectivity index (χ2n) is 10.2. The summed E-state index contributed by atoms with van der Waals surface area (Å²) in [4.78, 5) is 35.1. The van der Waals surface area contributed by atoms with Crippen LogP contribution in [0.3, 0.4) is 0 Å². The maximum absolute atomic E-state index is 13.2. The number of aromatic hydroxyl groups is 1. The molecule has 0 saturated carbocycles. The van der Waals surface area contributed by atoms with Crippen LogP contribution in [-0.4, -0.2) is 23.0 Å². The molecule has 6 rings (SSSR count). The largest absolute Gasteiger partial charge is 0.508 e. The summed E-state index contributed by atoms with van der Waals surface area (Å²) in [6, 6.07) is 20.9. The average molecular weight is 679 g/mol. The zero-order chi connectivity index (χ0) is 35.4. The number of esters is 3. The molecule has 0 fully saturated rings. The topological polar surface area (TPSA) is 99.1 Å². The van der Waals surface area contributed by atoms with Crippen molar-refractivity contribution in [2.75, 3.05) is 0 Å². The molecular weight excluding hydrogens is 658 g/mol. The van der Waals surface area contributed by atoms with E-state index >= 15 is 0 Å². The lowest BCUT2D eigenvalue weighted by Crippen LogP contribution is -2.09. The van der Waals surface area contributed by atoms with Gasteiger partial charge in [0.05, 0.1) is 11.1 Å². The Morgan fingerprint density at radius 3 is 1.31 bits per heavy atom. The van der Waals surface area contributed by atoms with E-state index in [4.69, 9.17) is 14.2 Å². The van der Waals surface area contributed by atoms with E-state index in [1.807, 2.05) is 0 Å². The van der Waals surface area contributed by atoms with Crippen molar-refractivity contribution in [3.8, 4) is 23.0 Å². The van der Waals surface area contributed by atoms with E-state index in [0.29, 0.717) is 51.6 Å². The van der Waals surface area contributed by atoms with Crippen LogP contribution in [0.1, 0.15) is 27.6 Å². The van der Waals surface area contributed by atoms with Crippen LogP contribution < -0.4 is 14.2 Å². The second-order valence-corrected chi connectivity index (χ2v) is 10.2. The number of benzene rings is 6. The van der Waals surface area contributed by atoms with E-state index in [2.05, 4.69) is 0 Å². The van der Waals surface area contributed by atoms with Gasteiger partial charge in [0.1, 0.15) is 23.0 Å². The highest BCUT2D eigenvalue weighted by Gasteiger charge is 2.17. The fourth-order valence-electron chi connectivity index (χ4n) is 4.45. The number of ether oxygens (including phenoxy) is 3. The number of carbonyl (C=O) groups is 3. The molecule has 248 valence electrons. The highest BCUT2D eigenvalue weighted by atomic mass is 19.2. The van der Waals surface area contributed by atoms with Gasteiger partial charge in [-0.15, -0.1) is 0 Å². The van der Waals surface area contributed by atoms with Crippen molar-refractivity contribution in [3.63, 3.8) is 0 Å². The Balaban J connectivity index is 0.000000192. The standard InChI is InChI=1S/C19H11F3O4.C17H9F3O3/c1-10(23)25-14-5-4-11-6-13(3-2-12(11)7-14)19(24)26-15-8-16(20)18(22)17(21)9-15;18-14-7-13(8-15(19)16(14)20)23-17(22)11-2-1-10-6-12(21)4-3-9(10)5-11/h2-9H,1H3;1-8,21H. The molecule has 0 radical (unpaired) electrons. The number of carbonyl (C=O) groups excluding carboxylic acids is 3. The zero-order valence-electron chi connectivity index (χ0n) is 24.9. The van der Waals surface area contributed by atoms with Crippen LogP contribution in [0.15, 0.2) is 97.1 Å². The molecule has 49 heavy (non-hydrogen) atoms. The van der Waals surface area contributed by atoms with Gasteiger partial charge in [-0.05, 0) is 70.1 Å². The van der Waals surface area contributed by atoms with Crippen LogP contribution in [0.2, 0.25) is 0 Å². The Morgan fingerprint density at radius 2 is 0.857 bits per heavy atom. The van der Waals surface area contributed by atoms with Gasteiger partial charge >= 0.3 is 17.9 Å². The molecule has 0 saturated heterocycles. The van der Waals surface area contributed by atoms with Gasteiger partial charge in [-0.25, -0.2) is 35.9 Å². The molecule has 7 nitrogen and oxygen atoms in total. The Kier molecular flexibility index (Phi) is 9.83. The predicted octanol–water partition coefficient (Wildman–Crippen LogP) is 8.58. The summed E-state index contributed by atoms with van der Waals surface area (Å²) in [6.45, 7) is 1.28. The summed E-state index contributed by atoms with van der Waals surface area (Å²) in [5.74, 6) is -11.7. The highest BCUT2D eigenvalue weighted by molar-refractivity contribution is 5.97. The van der Waals surface area contributed by atoms with Crippen molar-refractivity contribution in [2.45, 2.75) is 6.92 Å². The maximum Gasteiger partial charge on any atom is 0.343 e. The molecule has 0 unspecified atom stereocenters. The van der Waals surface area contributed by atoms with Gasteiger partial charge in [0, 0.05) is 31.2 Å². The van der Waals surface area contributed by atoms with Crippen molar-refractivity contribution in [1.82, 2.24) is 0 Å². The molecule has 1 N–H and O–H groups in total. The number of halogens is 6. The maximum atomic E-state index is 13.2. The predicted molar refractivity (Wildman–Crippen MR) is 163 cm³/mol. The van der Waals surface area contributed by atoms with Gasteiger partial charge in [0.2, 0.25) is 0 Å². The third kappa shape index (κ3) is 8.14. The van der Waals surface area contributed by atoms with Crippen molar-refractivity contribution in [1.29, 1.82) is 0 Å². The van der Waals surface area contributed by atoms with Crippen LogP contribution in [-0.2, 0) is 4.79 Å². The smallest absolute Gasteiger partial charge is 0.343 e. The SMILES string of the molecule is CC(=O)Oc1ccc2cc(C(=O)Oc3cc(F)c(F)c(F)c3)ccc2c1.O=C(Oc1cc(F)c(F)c(F)c1)c1ccc2cc(O)ccc2c1. The first-order chi connectivity index (χ1) is 23.3. The molecule has 13 heteroatoms. The third-order valence-electron chi connectivity index (χ3n) is 6.70. The van der Waals surface area contributed by atoms with Gasteiger partial charge < -0.3 is 19.3 Å². The Morgan fingerprint density at radius 1 is 0.469 bits per heavy atom. The summed E-state index contributed by atoms with van der Waals surface area (Å²) >= 11 is 0. The molecule has 0 spiro atoms. The number of hydrogen-bond acceptors (Lipinski definition) is 7. The molecule has 0 aromatic heterocycles. The molecule has 0 bridgehead atoms. The first kappa shape index (κ1) is 34.0. The number of rotatable bonds is 5. The summed E-state index contributed by atoms with van der Waals surface area (Å²) in [6.07, 6.45) is 0. The molecule has 6 aromatic rings. The van der Waals surface area contributed by atoms with Gasteiger partial charge in [-0.3, -0.25) is 4.79 Å². The molecule has 0 atom stereocenters. The van der Waals surface area contributed by atoms with Gasteiger partial charge in [0.15, 0.2) is 34.9 Å². The molecule has 0 amide bonds. The quantitative estimate of drug-likeness (QED) is 0.0844. The average Bonchev–Trinajstić information content (AvgIpc) is 3.05. The van der Waals surface area contributed by atoms with E-state index in [9.17, 15) is 45.8 Å². The number of fused-ring (bicyclic) bond motifs is 2. The zero-order valence-corrected chi connectivity index (χ0v) is 24.9. The van der Waals surface area contributed by atoms with Crippen LogP contribution in [0.5, 0.6) is 23.0 Å². The van der Waals surface area contributed by atoms with Crippen LogP contribution in [0.4, 0.5) is 26.3 Å². The normalized spacial score (nSPS) is 10.7. The first-order valence-corrected chi connectivity index (χ1v) is 14.0. The first-order valence-electron chi connectivity index (χ1n) is 14.0. The molecule has 0 aliphatic carbocycles. The van der Waals surface area contributed by atoms with Crippen molar-refractivity contribution >= 4 is 39.5 Å². The molecule has 0 aliphatic heterocycles. The summed E-state index contributed by atoms with van der Waals surface area (Å²) in [5.41, 5.74) is 0.274. The van der Waals surface area contributed by atoms with E-state index in [1.165, 1.54) is 43.3 Å². The highest BCUT2D eigenvalue weighted by Crippen LogP contribution is 2.26. The minimum atomic E-state index is -1.64. The number of hydrogen-bond donors (Lipinski definition) is 1. The lowest BCUT2D eigenvalue weighted by molar-refractivity contribution is -0.131. The van der Waals surface area contributed by atoms with E-state index in [1.54, 1.807) is 36.4 Å². The van der Waals surface area contributed by atoms with Crippen molar-refractivity contribution < 1.29 is 60.0 Å². The van der Waals surface area contributed by atoms with Crippen LogP contribution >= 0.6 is 0 Å². The monoisotopic (exact) mass is 678 g/mol. The van der Waals surface area contributed by atoms with Crippen molar-refractivity contribution in [2.24, 2.45) is 0 Å². The molecule has 6 aromatic carbocycles. The minimum absolute atomic E-state index is 0.0880. The lowest BCUT2D eigenvalue weighted by Gasteiger charge is -2.07.